The normalized spacial score (nSPS) is 25.5. The van der Waals surface area contributed by atoms with Crippen molar-refractivity contribution in [2.75, 3.05) is 18.8 Å². The Kier molecular flexibility index (Phi) is 3.52. The van der Waals surface area contributed by atoms with E-state index in [1.165, 1.54) is 18.2 Å². The van der Waals surface area contributed by atoms with Crippen LogP contribution in [-0.2, 0) is 10.0 Å². The van der Waals surface area contributed by atoms with Crippen LogP contribution < -0.4 is 5.73 Å². The zero-order valence-electron chi connectivity index (χ0n) is 9.32. The van der Waals surface area contributed by atoms with Crippen LogP contribution in [-0.4, -0.2) is 48.2 Å². The van der Waals surface area contributed by atoms with Crippen molar-refractivity contribution in [2.24, 2.45) is 0 Å². The Morgan fingerprint density at radius 1 is 1.28 bits per heavy atom. The smallest absolute Gasteiger partial charge is 0.245 e. The highest BCUT2D eigenvalue weighted by atomic mass is 35.5. The molecule has 1 aliphatic heterocycles. The molecule has 0 spiro atoms. The van der Waals surface area contributed by atoms with Crippen LogP contribution in [0.1, 0.15) is 0 Å². The van der Waals surface area contributed by atoms with Gasteiger partial charge < -0.3 is 15.9 Å². The van der Waals surface area contributed by atoms with Crippen LogP contribution in [0.4, 0.5) is 5.69 Å². The van der Waals surface area contributed by atoms with Gasteiger partial charge in [-0.15, -0.1) is 0 Å². The molecule has 1 aliphatic rings. The lowest BCUT2D eigenvalue weighted by molar-refractivity contribution is 0.0572. The quantitative estimate of drug-likeness (QED) is 0.646. The van der Waals surface area contributed by atoms with Crippen LogP contribution in [0.25, 0.3) is 0 Å². The number of sulfonamides is 1. The second-order valence-corrected chi connectivity index (χ2v) is 6.48. The van der Waals surface area contributed by atoms with Gasteiger partial charge in [0.1, 0.15) is 4.90 Å². The lowest BCUT2D eigenvalue weighted by Crippen LogP contribution is -2.30. The summed E-state index contributed by atoms with van der Waals surface area (Å²) < 4.78 is 25.5. The Morgan fingerprint density at radius 2 is 1.83 bits per heavy atom. The van der Waals surface area contributed by atoms with Crippen LogP contribution >= 0.6 is 11.6 Å². The number of benzene rings is 1. The van der Waals surface area contributed by atoms with E-state index < -0.39 is 22.2 Å². The largest absolute Gasteiger partial charge is 0.398 e. The highest BCUT2D eigenvalue weighted by Gasteiger charge is 2.38. The molecule has 4 N–H and O–H groups in total. The van der Waals surface area contributed by atoms with Gasteiger partial charge in [0.25, 0.3) is 0 Å². The fraction of sp³-hybridized carbons (Fsp3) is 0.400. The molecule has 0 radical (unpaired) electrons. The van der Waals surface area contributed by atoms with E-state index in [1.54, 1.807) is 0 Å². The Labute approximate surface area is 110 Å². The monoisotopic (exact) mass is 292 g/mol. The molecule has 0 amide bonds. The van der Waals surface area contributed by atoms with Crippen molar-refractivity contribution in [1.82, 2.24) is 4.31 Å². The summed E-state index contributed by atoms with van der Waals surface area (Å²) in [5.41, 5.74) is 5.70. The molecule has 1 fully saturated rings. The van der Waals surface area contributed by atoms with Crippen molar-refractivity contribution in [3.05, 3.63) is 23.2 Å². The first-order valence-corrected chi connectivity index (χ1v) is 7.05. The second kappa shape index (κ2) is 4.67. The number of halogens is 1. The minimum Gasteiger partial charge on any atom is -0.398 e. The van der Waals surface area contributed by atoms with Crippen molar-refractivity contribution in [2.45, 2.75) is 17.1 Å². The fourth-order valence-electron chi connectivity index (χ4n) is 1.80. The minimum absolute atomic E-state index is 0.0790. The van der Waals surface area contributed by atoms with Gasteiger partial charge in [0, 0.05) is 18.1 Å². The molecule has 1 saturated heterocycles. The summed E-state index contributed by atoms with van der Waals surface area (Å²) in [4.78, 5) is -0.115. The van der Waals surface area contributed by atoms with Gasteiger partial charge in [-0.05, 0) is 18.2 Å². The van der Waals surface area contributed by atoms with Crippen LogP contribution in [0.5, 0.6) is 0 Å². The van der Waals surface area contributed by atoms with Crippen LogP contribution in [0.15, 0.2) is 23.1 Å². The van der Waals surface area contributed by atoms with Gasteiger partial charge in [-0.1, -0.05) is 11.6 Å². The number of aliphatic hydroxyl groups is 2. The van der Waals surface area contributed by atoms with E-state index in [0.717, 1.165) is 4.31 Å². The Balaban J connectivity index is 2.40. The number of nitrogens with zero attached hydrogens (tertiary/aromatic N) is 1. The first-order chi connectivity index (χ1) is 8.32. The number of aliphatic hydroxyl groups excluding tert-OH is 2. The van der Waals surface area contributed by atoms with Gasteiger partial charge in [0.2, 0.25) is 10.0 Å². The zero-order valence-corrected chi connectivity index (χ0v) is 10.9. The molecule has 18 heavy (non-hydrogen) atoms. The van der Waals surface area contributed by atoms with Gasteiger partial charge >= 0.3 is 0 Å². The molecule has 2 unspecified atom stereocenters. The maximum Gasteiger partial charge on any atom is 0.245 e. The summed E-state index contributed by atoms with van der Waals surface area (Å²) in [6.07, 6.45) is -2.17. The molecule has 100 valence electrons. The summed E-state index contributed by atoms with van der Waals surface area (Å²) in [5.74, 6) is 0. The van der Waals surface area contributed by atoms with Crippen molar-refractivity contribution in [3.8, 4) is 0 Å². The van der Waals surface area contributed by atoms with Gasteiger partial charge in [0.05, 0.1) is 17.9 Å². The topological polar surface area (TPSA) is 104 Å². The highest BCUT2D eigenvalue weighted by Crippen LogP contribution is 2.28. The average molecular weight is 293 g/mol. The Hall–Kier alpha value is -0.860. The van der Waals surface area contributed by atoms with E-state index in [1.807, 2.05) is 0 Å². The molecule has 6 nitrogen and oxygen atoms in total. The van der Waals surface area contributed by atoms with Crippen molar-refractivity contribution in [1.29, 1.82) is 0 Å². The Bertz CT molecular complexity index is 553. The summed E-state index contributed by atoms with van der Waals surface area (Å²) in [5, 5.41) is 19.0. The standard InChI is InChI=1S/C10H13ClN2O4S/c11-6-1-2-7(12)10(3-6)18(16,17)13-4-8(14)9(15)5-13/h1-3,8-9,14-15H,4-5,12H2. The third-order valence-corrected chi connectivity index (χ3v) is 4.94. The second-order valence-electron chi connectivity index (χ2n) is 4.14. The van der Waals surface area contributed by atoms with Crippen molar-refractivity contribution in [3.63, 3.8) is 0 Å². The molecule has 0 saturated carbocycles. The zero-order chi connectivity index (χ0) is 13.5. The maximum atomic E-state index is 12.3. The van der Waals surface area contributed by atoms with Crippen molar-refractivity contribution < 1.29 is 18.6 Å². The SMILES string of the molecule is Nc1ccc(Cl)cc1S(=O)(=O)N1CC(O)C(O)C1. The van der Waals surface area contributed by atoms with Crippen LogP contribution in [0.3, 0.4) is 0 Å². The summed E-state index contributed by atoms with van der Waals surface area (Å²) in [7, 11) is -3.85. The fourth-order valence-corrected chi connectivity index (χ4v) is 3.66. The molecule has 0 aromatic heterocycles. The van der Waals surface area contributed by atoms with Gasteiger partial charge in [-0.3, -0.25) is 0 Å². The lowest BCUT2D eigenvalue weighted by Gasteiger charge is -2.17. The van der Waals surface area contributed by atoms with Crippen LogP contribution in [0.2, 0.25) is 5.02 Å². The summed E-state index contributed by atoms with van der Waals surface area (Å²) >= 11 is 5.75. The van der Waals surface area contributed by atoms with E-state index in [4.69, 9.17) is 17.3 Å². The van der Waals surface area contributed by atoms with E-state index in [0.29, 0.717) is 0 Å². The number of nitrogens with two attached hydrogens (primary N) is 1. The molecule has 0 aliphatic carbocycles. The van der Waals surface area contributed by atoms with E-state index in [-0.39, 0.29) is 28.7 Å². The van der Waals surface area contributed by atoms with Gasteiger partial charge in [0.15, 0.2) is 0 Å². The van der Waals surface area contributed by atoms with Gasteiger partial charge in [-0.25, -0.2) is 8.42 Å². The Morgan fingerprint density at radius 3 is 2.39 bits per heavy atom. The van der Waals surface area contributed by atoms with E-state index in [2.05, 4.69) is 0 Å². The molecular weight excluding hydrogens is 280 g/mol. The first kappa shape index (κ1) is 13.6. The summed E-state index contributed by atoms with van der Waals surface area (Å²) in [6, 6.07) is 4.14. The van der Waals surface area contributed by atoms with E-state index >= 15 is 0 Å². The first-order valence-electron chi connectivity index (χ1n) is 5.23. The number of β-amino-alcohol motifs (C(OH)–C–C–N with tert-alkyl or cyclic N) is 2. The molecule has 2 atom stereocenters. The highest BCUT2D eigenvalue weighted by molar-refractivity contribution is 7.89. The molecule has 1 aromatic carbocycles. The molecular formula is C10H13ClN2O4S. The van der Waals surface area contributed by atoms with Crippen molar-refractivity contribution >= 4 is 27.3 Å². The van der Waals surface area contributed by atoms with Gasteiger partial charge in [-0.2, -0.15) is 4.31 Å². The number of anilines is 1. The number of nitrogen functional groups attached to an aromatic ring is 1. The molecule has 1 aromatic rings. The van der Waals surface area contributed by atoms with E-state index in [9.17, 15) is 18.6 Å². The lowest BCUT2D eigenvalue weighted by atomic mass is 10.3. The summed E-state index contributed by atoms with van der Waals surface area (Å²) in [6.45, 7) is -0.315. The maximum absolute atomic E-state index is 12.3. The number of hydrogen-bond donors (Lipinski definition) is 3. The predicted molar refractivity (Wildman–Crippen MR) is 66.6 cm³/mol. The number of rotatable bonds is 2. The molecule has 0 bridgehead atoms. The predicted octanol–water partition coefficient (Wildman–Crippen LogP) is -0.352. The molecule has 8 heteroatoms. The molecule has 1 heterocycles. The minimum atomic E-state index is -3.85. The third kappa shape index (κ3) is 2.32. The molecule has 2 rings (SSSR count). The average Bonchev–Trinajstić information content (AvgIpc) is 2.63. The number of hydrogen-bond acceptors (Lipinski definition) is 5. The van der Waals surface area contributed by atoms with Crippen LogP contribution in [0, 0.1) is 0 Å². The third-order valence-electron chi connectivity index (χ3n) is 2.82.